The molecule has 0 aromatic heterocycles. The number of rotatable bonds is 8. The first-order valence-electron chi connectivity index (χ1n) is 11.5. The van der Waals surface area contributed by atoms with E-state index < -0.39 is 17.7 Å². The van der Waals surface area contributed by atoms with Crippen LogP contribution in [0.15, 0.2) is 54.1 Å². The normalized spacial score (nSPS) is 20.5. The van der Waals surface area contributed by atoms with Gasteiger partial charge in [0.15, 0.2) is 0 Å². The molecule has 4 rings (SSSR count). The van der Waals surface area contributed by atoms with Crippen molar-refractivity contribution in [2.75, 3.05) is 53.1 Å². The lowest BCUT2D eigenvalue weighted by atomic mass is 9.95. The Bertz CT molecular complexity index is 1060. The molecule has 0 spiro atoms. The molecule has 2 fully saturated rings. The van der Waals surface area contributed by atoms with Crippen LogP contribution in [0, 0.1) is 0 Å². The highest BCUT2D eigenvalue weighted by molar-refractivity contribution is 6.46. The second-order valence-corrected chi connectivity index (χ2v) is 8.18. The number of likely N-dealkylation sites (tertiary alicyclic amines) is 1. The summed E-state index contributed by atoms with van der Waals surface area (Å²) in [6.45, 7) is 6.23. The molecule has 0 radical (unpaired) electrons. The first-order chi connectivity index (χ1) is 16.5. The molecule has 2 aliphatic rings. The van der Waals surface area contributed by atoms with Gasteiger partial charge in [-0.1, -0.05) is 12.1 Å². The molecule has 1 unspecified atom stereocenters. The minimum absolute atomic E-state index is 0.0735. The third-order valence-corrected chi connectivity index (χ3v) is 6.15. The van der Waals surface area contributed by atoms with Gasteiger partial charge in [0.2, 0.25) is 0 Å². The van der Waals surface area contributed by atoms with Crippen molar-refractivity contribution in [2.45, 2.75) is 13.0 Å². The topological polar surface area (TPSA) is 88.5 Å². The van der Waals surface area contributed by atoms with E-state index in [4.69, 9.17) is 14.2 Å². The van der Waals surface area contributed by atoms with Crippen LogP contribution in [0.25, 0.3) is 5.76 Å². The lowest BCUT2D eigenvalue weighted by molar-refractivity contribution is -0.140. The maximum atomic E-state index is 13.2. The number of ketones is 1. The Kier molecular flexibility index (Phi) is 7.49. The predicted molar refractivity (Wildman–Crippen MR) is 127 cm³/mol. The molecule has 180 valence electrons. The maximum absolute atomic E-state index is 13.2. The standard InChI is InChI=1S/C26H30N2O6/c1-3-34-20-9-7-18(8-10-20)24(29)22-23(19-5-4-6-21(17-19)32-2)28(26(31)25(22)30)12-11-27-13-15-33-16-14-27/h4-10,17,23,29H,3,11-16H2,1-2H3/b24-22+. The number of morpholine rings is 1. The van der Waals surface area contributed by atoms with Crippen LogP contribution >= 0.6 is 0 Å². The van der Waals surface area contributed by atoms with E-state index in [0.717, 1.165) is 13.1 Å². The van der Waals surface area contributed by atoms with Crippen molar-refractivity contribution in [2.24, 2.45) is 0 Å². The average molecular weight is 467 g/mol. The lowest BCUT2D eigenvalue weighted by Gasteiger charge is -2.31. The van der Waals surface area contributed by atoms with Crippen molar-refractivity contribution < 1.29 is 28.9 Å². The van der Waals surface area contributed by atoms with Gasteiger partial charge in [-0.15, -0.1) is 0 Å². The summed E-state index contributed by atoms with van der Waals surface area (Å²) in [7, 11) is 1.56. The molecule has 2 aromatic rings. The summed E-state index contributed by atoms with van der Waals surface area (Å²) in [6, 6.07) is 13.4. The van der Waals surface area contributed by atoms with E-state index >= 15 is 0 Å². The summed E-state index contributed by atoms with van der Waals surface area (Å²) in [4.78, 5) is 30.1. The Morgan fingerprint density at radius 3 is 2.47 bits per heavy atom. The fourth-order valence-corrected chi connectivity index (χ4v) is 4.37. The van der Waals surface area contributed by atoms with Gasteiger partial charge in [0.1, 0.15) is 17.3 Å². The second kappa shape index (κ2) is 10.7. The molecule has 0 aliphatic carbocycles. The van der Waals surface area contributed by atoms with Crippen LogP contribution in [0.1, 0.15) is 24.1 Å². The molecular formula is C26H30N2O6. The van der Waals surface area contributed by atoms with Crippen LogP contribution < -0.4 is 9.47 Å². The zero-order valence-electron chi connectivity index (χ0n) is 19.5. The lowest BCUT2D eigenvalue weighted by Crippen LogP contribution is -2.42. The van der Waals surface area contributed by atoms with Crippen molar-refractivity contribution in [3.8, 4) is 11.5 Å². The van der Waals surface area contributed by atoms with E-state index in [9.17, 15) is 14.7 Å². The fourth-order valence-electron chi connectivity index (χ4n) is 4.37. The first kappa shape index (κ1) is 23.8. The van der Waals surface area contributed by atoms with Crippen LogP contribution in [0.5, 0.6) is 11.5 Å². The average Bonchev–Trinajstić information content (AvgIpc) is 3.13. The zero-order valence-corrected chi connectivity index (χ0v) is 19.5. The Morgan fingerprint density at radius 2 is 1.79 bits per heavy atom. The molecule has 8 heteroatoms. The van der Waals surface area contributed by atoms with Crippen LogP contribution in [-0.4, -0.2) is 79.7 Å². The van der Waals surface area contributed by atoms with Crippen LogP contribution in [-0.2, 0) is 14.3 Å². The number of Topliss-reactive ketones (excluding diaryl/α,β-unsaturated/α-hetero) is 1. The van der Waals surface area contributed by atoms with Gasteiger partial charge < -0.3 is 24.2 Å². The van der Waals surface area contributed by atoms with Gasteiger partial charge in [-0.3, -0.25) is 14.5 Å². The Morgan fingerprint density at radius 1 is 1.06 bits per heavy atom. The molecule has 2 heterocycles. The van der Waals surface area contributed by atoms with Crippen LogP contribution in [0.3, 0.4) is 0 Å². The van der Waals surface area contributed by atoms with E-state index in [0.29, 0.717) is 55.5 Å². The molecule has 1 amide bonds. The van der Waals surface area contributed by atoms with E-state index in [2.05, 4.69) is 4.90 Å². The summed E-state index contributed by atoms with van der Waals surface area (Å²) < 4.78 is 16.3. The van der Waals surface area contributed by atoms with Crippen LogP contribution in [0.4, 0.5) is 0 Å². The minimum atomic E-state index is -0.720. The van der Waals surface area contributed by atoms with Gasteiger partial charge in [-0.2, -0.15) is 0 Å². The van der Waals surface area contributed by atoms with Gasteiger partial charge in [0.05, 0.1) is 38.5 Å². The molecule has 1 N–H and O–H groups in total. The zero-order chi connectivity index (χ0) is 24.1. The van der Waals surface area contributed by atoms with Gasteiger partial charge in [-0.25, -0.2) is 0 Å². The molecule has 2 aliphatic heterocycles. The number of hydrogen-bond acceptors (Lipinski definition) is 7. The molecule has 0 bridgehead atoms. The number of carbonyl (C=O) groups is 2. The molecular weight excluding hydrogens is 436 g/mol. The molecule has 8 nitrogen and oxygen atoms in total. The highest BCUT2D eigenvalue weighted by Crippen LogP contribution is 2.40. The molecule has 0 saturated carbocycles. The largest absolute Gasteiger partial charge is 0.507 e. The molecule has 34 heavy (non-hydrogen) atoms. The summed E-state index contributed by atoms with van der Waals surface area (Å²) in [5.41, 5.74) is 1.22. The summed E-state index contributed by atoms with van der Waals surface area (Å²) in [5.74, 6) is -0.246. The van der Waals surface area contributed by atoms with Gasteiger partial charge in [-0.05, 0) is 48.9 Å². The van der Waals surface area contributed by atoms with E-state index in [1.807, 2.05) is 19.1 Å². The number of carbonyl (C=O) groups excluding carboxylic acids is 2. The predicted octanol–water partition coefficient (Wildman–Crippen LogP) is 2.85. The number of aliphatic hydroxyl groups excluding tert-OH is 1. The van der Waals surface area contributed by atoms with Gasteiger partial charge >= 0.3 is 0 Å². The Labute approximate surface area is 199 Å². The Hall–Kier alpha value is -3.36. The van der Waals surface area contributed by atoms with Gasteiger partial charge in [0, 0.05) is 31.7 Å². The number of ether oxygens (including phenoxy) is 3. The highest BCUT2D eigenvalue weighted by Gasteiger charge is 2.46. The molecule has 1 atom stereocenters. The van der Waals surface area contributed by atoms with Crippen molar-refractivity contribution in [1.29, 1.82) is 0 Å². The first-order valence-corrected chi connectivity index (χ1v) is 11.5. The number of amides is 1. The van der Waals surface area contributed by atoms with Crippen molar-refractivity contribution in [1.82, 2.24) is 9.80 Å². The number of benzene rings is 2. The van der Waals surface area contributed by atoms with E-state index in [1.54, 1.807) is 48.4 Å². The number of hydrogen-bond donors (Lipinski definition) is 1. The third kappa shape index (κ3) is 4.93. The monoisotopic (exact) mass is 466 g/mol. The summed E-state index contributed by atoms with van der Waals surface area (Å²) >= 11 is 0. The van der Waals surface area contributed by atoms with Crippen molar-refractivity contribution in [3.63, 3.8) is 0 Å². The number of methoxy groups -OCH3 is 1. The smallest absolute Gasteiger partial charge is 0.295 e. The van der Waals surface area contributed by atoms with Gasteiger partial charge in [0.25, 0.3) is 11.7 Å². The van der Waals surface area contributed by atoms with E-state index in [1.165, 1.54) is 0 Å². The van der Waals surface area contributed by atoms with Crippen molar-refractivity contribution in [3.05, 3.63) is 65.2 Å². The highest BCUT2D eigenvalue weighted by atomic mass is 16.5. The minimum Gasteiger partial charge on any atom is -0.507 e. The van der Waals surface area contributed by atoms with Crippen LogP contribution in [0.2, 0.25) is 0 Å². The molecule has 2 saturated heterocycles. The van der Waals surface area contributed by atoms with Crippen molar-refractivity contribution >= 4 is 17.4 Å². The number of aliphatic hydroxyl groups is 1. The summed E-state index contributed by atoms with van der Waals surface area (Å²) in [6.07, 6.45) is 0. The fraction of sp³-hybridized carbons (Fsp3) is 0.385. The Balaban J connectivity index is 1.72. The maximum Gasteiger partial charge on any atom is 0.295 e. The summed E-state index contributed by atoms with van der Waals surface area (Å²) in [5, 5.41) is 11.2. The third-order valence-electron chi connectivity index (χ3n) is 6.15. The second-order valence-electron chi connectivity index (χ2n) is 8.18. The SMILES string of the molecule is CCOc1ccc(/C(O)=C2\C(=O)C(=O)N(CCN3CCOCC3)C2c2cccc(OC)c2)cc1. The number of nitrogens with zero attached hydrogens (tertiary/aromatic N) is 2. The van der Waals surface area contributed by atoms with E-state index in [-0.39, 0.29) is 11.3 Å². The quantitative estimate of drug-likeness (QED) is 0.364. The molecule has 2 aromatic carbocycles.